The zero-order valence-corrected chi connectivity index (χ0v) is 11.9. The minimum absolute atomic E-state index is 0.478. The highest BCUT2D eigenvalue weighted by molar-refractivity contribution is 8.01. The number of hydrogen-bond acceptors (Lipinski definition) is 5. The number of fused-ring (bicyclic) bond motifs is 1. The third-order valence-electron chi connectivity index (χ3n) is 2.71. The van der Waals surface area contributed by atoms with Crippen LogP contribution in [0.5, 0.6) is 0 Å². The maximum absolute atomic E-state index is 9.44. The summed E-state index contributed by atoms with van der Waals surface area (Å²) in [5.74, 6) is 0. The fourth-order valence-electron chi connectivity index (χ4n) is 1.68. The Balaban J connectivity index is 1.84. The predicted octanol–water partition coefficient (Wildman–Crippen LogP) is 3.90. The minimum atomic E-state index is -0.478. The molecule has 0 saturated heterocycles. The van der Waals surface area contributed by atoms with Crippen LogP contribution in [0, 0.1) is 0 Å². The quantitative estimate of drug-likeness (QED) is 0.794. The summed E-state index contributed by atoms with van der Waals surface area (Å²) in [5.41, 5.74) is 1.85. The zero-order valence-electron chi connectivity index (χ0n) is 10.3. The average molecular weight is 288 g/mol. The third-order valence-corrected chi connectivity index (χ3v) is 4.76. The Kier molecular flexibility index (Phi) is 3.50. The number of pyridine rings is 1. The standard InChI is InChI=1S/C14H12N2OS2/c1-9(17)10-6-7-13(15-8-10)19-14-16-11-4-2-3-5-12(11)18-14/h2-9,17H,1H3/t9-/m1/s1. The second kappa shape index (κ2) is 5.28. The first-order valence-electron chi connectivity index (χ1n) is 5.90. The highest BCUT2D eigenvalue weighted by Gasteiger charge is 2.07. The van der Waals surface area contributed by atoms with Crippen molar-refractivity contribution in [2.75, 3.05) is 0 Å². The number of thiazole rings is 1. The summed E-state index contributed by atoms with van der Waals surface area (Å²) in [6, 6.07) is 11.9. The second-order valence-corrected chi connectivity index (χ2v) is 6.45. The number of hydrogen-bond donors (Lipinski definition) is 1. The molecule has 0 spiro atoms. The normalized spacial score (nSPS) is 12.7. The first-order valence-corrected chi connectivity index (χ1v) is 7.53. The van der Waals surface area contributed by atoms with Crippen molar-refractivity contribution in [1.29, 1.82) is 0 Å². The van der Waals surface area contributed by atoms with E-state index in [1.807, 2.05) is 30.3 Å². The maximum Gasteiger partial charge on any atom is 0.157 e. The van der Waals surface area contributed by atoms with E-state index in [0.29, 0.717) is 0 Å². The smallest absolute Gasteiger partial charge is 0.157 e. The molecule has 1 atom stereocenters. The van der Waals surface area contributed by atoms with Gasteiger partial charge >= 0.3 is 0 Å². The monoisotopic (exact) mass is 288 g/mol. The Labute approximate surface area is 119 Å². The summed E-state index contributed by atoms with van der Waals surface area (Å²) in [5, 5.41) is 10.3. The zero-order chi connectivity index (χ0) is 13.2. The molecule has 5 heteroatoms. The van der Waals surface area contributed by atoms with E-state index < -0.39 is 6.10 Å². The van der Waals surface area contributed by atoms with E-state index in [-0.39, 0.29) is 0 Å². The first-order chi connectivity index (χ1) is 9.22. The van der Waals surface area contributed by atoms with E-state index in [4.69, 9.17) is 0 Å². The lowest BCUT2D eigenvalue weighted by atomic mass is 10.2. The summed E-state index contributed by atoms with van der Waals surface area (Å²) in [4.78, 5) is 8.89. The van der Waals surface area contributed by atoms with Crippen molar-refractivity contribution in [3.05, 3.63) is 48.2 Å². The van der Waals surface area contributed by atoms with Crippen molar-refractivity contribution in [1.82, 2.24) is 9.97 Å². The Bertz CT molecular complexity index is 659. The molecule has 0 bridgehead atoms. The number of aliphatic hydroxyl groups excluding tert-OH is 1. The van der Waals surface area contributed by atoms with E-state index in [9.17, 15) is 5.11 Å². The Morgan fingerprint density at radius 1 is 1.21 bits per heavy atom. The van der Waals surface area contributed by atoms with E-state index >= 15 is 0 Å². The van der Waals surface area contributed by atoms with E-state index in [1.54, 1.807) is 36.2 Å². The fourth-order valence-corrected chi connectivity index (χ4v) is 3.64. The lowest BCUT2D eigenvalue weighted by Crippen LogP contribution is -1.91. The molecule has 2 heterocycles. The van der Waals surface area contributed by atoms with Gasteiger partial charge in [-0.3, -0.25) is 0 Å². The van der Waals surface area contributed by atoms with Gasteiger partial charge in [-0.2, -0.15) is 0 Å². The van der Waals surface area contributed by atoms with Gasteiger partial charge in [-0.05, 0) is 42.4 Å². The van der Waals surface area contributed by atoms with Crippen molar-refractivity contribution < 1.29 is 5.11 Å². The van der Waals surface area contributed by atoms with Crippen LogP contribution in [0.4, 0.5) is 0 Å². The Hall–Kier alpha value is -1.43. The topological polar surface area (TPSA) is 46.0 Å². The van der Waals surface area contributed by atoms with Crippen LogP contribution in [0.1, 0.15) is 18.6 Å². The molecule has 19 heavy (non-hydrogen) atoms. The second-order valence-electron chi connectivity index (χ2n) is 4.16. The maximum atomic E-state index is 9.44. The van der Waals surface area contributed by atoms with Crippen molar-refractivity contribution in [3.63, 3.8) is 0 Å². The Morgan fingerprint density at radius 3 is 2.74 bits per heavy atom. The van der Waals surface area contributed by atoms with Crippen LogP contribution in [0.3, 0.4) is 0 Å². The molecule has 0 unspecified atom stereocenters. The van der Waals surface area contributed by atoms with Gasteiger partial charge in [0, 0.05) is 6.20 Å². The van der Waals surface area contributed by atoms with E-state index in [0.717, 1.165) is 20.4 Å². The molecular formula is C14H12N2OS2. The number of benzene rings is 1. The average Bonchev–Trinajstić information content (AvgIpc) is 2.81. The van der Waals surface area contributed by atoms with Crippen LogP contribution in [0.15, 0.2) is 52.0 Å². The molecule has 3 rings (SSSR count). The fraction of sp³-hybridized carbons (Fsp3) is 0.143. The number of nitrogens with zero attached hydrogens (tertiary/aromatic N) is 2. The molecule has 0 aliphatic heterocycles. The van der Waals surface area contributed by atoms with Crippen LogP contribution < -0.4 is 0 Å². The highest BCUT2D eigenvalue weighted by Crippen LogP contribution is 2.33. The van der Waals surface area contributed by atoms with Crippen LogP contribution in [0.25, 0.3) is 10.2 Å². The number of aromatic nitrogens is 2. The minimum Gasteiger partial charge on any atom is -0.389 e. The molecule has 0 amide bonds. The summed E-state index contributed by atoms with van der Waals surface area (Å²) < 4.78 is 2.17. The van der Waals surface area contributed by atoms with Gasteiger partial charge in [0.05, 0.1) is 16.3 Å². The molecular weight excluding hydrogens is 276 g/mol. The molecule has 1 N–H and O–H groups in total. The number of aliphatic hydroxyl groups is 1. The summed E-state index contributed by atoms with van der Waals surface area (Å²) >= 11 is 3.21. The summed E-state index contributed by atoms with van der Waals surface area (Å²) in [6.45, 7) is 1.73. The lowest BCUT2D eigenvalue weighted by molar-refractivity contribution is 0.198. The molecule has 0 aliphatic rings. The first kappa shape index (κ1) is 12.6. The molecule has 0 saturated carbocycles. The molecule has 0 fully saturated rings. The molecule has 3 nitrogen and oxygen atoms in total. The number of para-hydroxylation sites is 1. The van der Waals surface area contributed by atoms with Crippen molar-refractivity contribution in [3.8, 4) is 0 Å². The van der Waals surface area contributed by atoms with Gasteiger partial charge in [-0.1, -0.05) is 18.2 Å². The van der Waals surface area contributed by atoms with Gasteiger partial charge in [-0.15, -0.1) is 11.3 Å². The van der Waals surface area contributed by atoms with Crippen LogP contribution in [-0.4, -0.2) is 15.1 Å². The SMILES string of the molecule is C[C@@H](O)c1ccc(Sc2nc3ccccc3s2)nc1. The summed E-state index contributed by atoms with van der Waals surface area (Å²) in [6.07, 6.45) is 1.23. The van der Waals surface area contributed by atoms with E-state index in [2.05, 4.69) is 16.0 Å². The van der Waals surface area contributed by atoms with Crippen molar-refractivity contribution in [2.24, 2.45) is 0 Å². The molecule has 1 aromatic carbocycles. The molecule has 0 radical (unpaired) electrons. The Morgan fingerprint density at radius 2 is 2.05 bits per heavy atom. The molecule has 96 valence electrons. The molecule has 2 aromatic heterocycles. The lowest BCUT2D eigenvalue weighted by Gasteiger charge is -2.03. The van der Waals surface area contributed by atoms with Gasteiger partial charge in [0.15, 0.2) is 4.34 Å². The van der Waals surface area contributed by atoms with Gasteiger partial charge in [0.1, 0.15) is 5.03 Å². The van der Waals surface area contributed by atoms with Crippen molar-refractivity contribution >= 4 is 33.3 Å². The number of rotatable bonds is 3. The summed E-state index contributed by atoms with van der Waals surface area (Å²) in [7, 11) is 0. The predicted molar refractivity (Wildman–Crippen MR) is 78.6 cm³/mol. The van der Waals surface area contributed by atoms with Gasteiger partial charge in [0.25, 0.3) is 0 Å². The van der Waals surface area contributed by atoms with Gasteiger partial charge in [-0.25, -0.2) is 9.97 Å². The van der Waals surface area contributed by atoms with Crippen LogP contribution in [-0.2, 0) is 0 Å². The highest BCUT2D eigenvalue weighted by atomic mass is 32.2. The molecule has 3 aromatic rings. The third kappa shape index (κ3) is 2.78. The van der Waals surface area contributed by atoms with Crippen LogP contribution in [0.2, 0.25) is 0 Å². The van der Waals surface area contributed by atoms with Crippen molar-refractivity contribution in [2.45, 2.75) is 22.4 Å². The van der Waals surface area contributed by atoms with Crippen LogP contribution >= 0.6 is 23.1 Å². The van der Waals surface area contributed by atoms with Gasteiger partial charge < -0.3 is 5.11 Å². The van der Waals surface area contributed by atoms with E-state index in [1.165, 1.54) is 4.70 Å². The molecule has 0 aliphatic carbocycles. The van der Waals surface area contributed by atoms with Gasteiger partial charge in [0.2, 0.25) is 0 Å². The largest absolute Gasteiger partial charge is 0.389 e.